The van der Waals surface area contributed by atoms with E-state index >= 15 is 0 Å². The minimum Gasteiger partial charge on any atom is -0.497 e. The molecule has 1 aliphatic rings. The third kappa shape index (κ3) is 3.50. The summed E-state index contributed by atoms with van der Waals surface area (Å²) in [6, 6.07) is 5.67. The highest BCUT2D eigenvalue weighted by Crippen LogP contribution is 2.30. The lowest BCUT2D eigenvalue weighted by molar-refractivity contribution is -0.126. The van der Waals surface area contributed by atoms with E-state index in [1.54, 1.807) is 13.4 Å². The van der Waals surface area contributed by atoms with E-state index < -0.39 is 0 Å². The number of benzene rings is 1. The van der Waals surface area contributed by atoms with Crippen molar-refractivity contribution in [3.05, 3.63) is 35.9 Å². The molecule has 24 heavy (non-hydrogen) atoms. The van der Waals surface area contributed by atoms with E-state index in [-0.39, 0.29) is 11.8 Å². The second kappa shape index (κ2) is 7.33. The SMILES string of the molecule is CCCn1cnnc1CNC(=O)[C@H]1COc2ccc(OC)cc2C1. The van der Waals surface area contributed by atoms with Gasteiger partial charge >= 0.3 is 0 Å². The maximum Gasteiger partial charge on any atom is 0.227 e. The van der Waals surface area contributed by atoms with Crippen LogP contribution in [0.1, 0.15) is 24.7 Å². The molecule has 2 heterocycles. The molecular formula is C17H22N4O3. The molecule has 1 aliphatic heterocycles. The maximum absolute atomic E-state index is 12.4. The first-order valence-electron chi connectivity index (χ1n) is 8.15. The number of rotatable bonds is 6. The van der Waals surface area contributed by atoms with Gasteiger partial charge in [0.1, 0.15) is 24.4 Å². The Kier molecular flexibility index (Phi) is 4.98. The Balaban J connectivity index is 1.60. The number of ether oxygens (including phenoxy) is 2. The molecule has 0 radical (unpaired) electrons. The Morgan fingerprint density at radius 3 is 3.17 bits per heavy atom. The third-order valence-electron chi connectivity index (χ3n) is 4.13. The van der Waals surface area contributed by atoms with Gasteiger partial charge in [-0.3, -0.25) is 4.79 Å². The van der Waals surface area contributed by atoms with Gasteiger partial charge in [0, 0.05) is 6.54 Å². The van der Waals surface area contributed by atoms with Gasteiger partial charge < -0.3 is 19.4 Å². The molecule has 2 aromatic rings. The van der Waals surface area contributed by atoms with Gasteiger partial charge in [-0.15, -0.1) is 10.2 Å². The summed E-state index contributed by atoms with van der Waals surface area (Å²) in [5.41, 5.74) is 0.995. The zero-order valence-corrected chi connectivity index (χ0v) is 14.0. The van der Waals surface area contributed by atoms with Gasteiger partial charge in [-0.05, 0) is 36.6 Å². The molecule has 0 fully saturated rings. The van der Waals surface area contributed by atoms with Crippen molar-refractivity contribution < 1.29 is 14.3 Å². The first-order valence-corrected chi connectivity index (χ1v) is 8.15. The van der Waals surface area contributed by atoms with Crippen LogP contribution in [0.4, 0.5) is 0 Å². The average Bonchev–Trinajstić information content (AvgIpc) is 3.06. The average molecular weight is 330 g/mol. The lowest BCUT2D eigenvalue weighted by Gasteiger charge is -2.25. The fourth-order valence-electron chi connectivity index (χ4n) is 2.82. The molecule has 1 aromatic heterocycles. The Morgan fingerprint density at radius 2 is 2.38 bits per heavy atom. The largest absolute Gasteiger partial charge is 0.497 e. The Bertz CT molecular complexity index is 714. The molecule has 0 saturated heterocycles. The van der Waals surface area contributed by atoms with Crippen molar-refractivity contribution in [1.29, 1.82) is 0 Å². The summed E-state index contributed by atoms with van der Waals surface area (Å²) in [7, 11) is 1.63. The number of hydrogen-bond acceptors (Lipinski definition) is 5. The predicted molar refractivity (Wildman–Crippen MR) is 87.8 cm³/mol. The quantitative estimate of drug-likeness (QED) is 0.870. The van der Waals surface area contributed by atoms with Crippen molar-refractivity contribution in [2.75, 3.05) is 13.7 Å². The highest BCUT2D eigenvalue weighted by molar-refractivity contribution is 5.79. The van der Waals surface area contributed by atoms with Crippen LogP contribution in [0, 0.1) is 5.92 Å². The van der Waals surface area contributed by atoms with E-state index in [2.05, 4.69) is 22.4 Å². The van der Waals surface area contributed by atoms with Crippen LogP contribution in [-0.4, -0.2) is 34.4 Å². The lowest BCUT2D eigenvalue weighted by atomic mass is 9.96. The number of nitrogens with zero attached hydrogens (tertiary/aromatic N) is 3. The van der Waals surface area contributed by atoms with Gasteiger partial charge in [-0.1, -0.05) is 6.92 Å². The van der Waals surface area contributed by atoms with Gasteiger partial charge in [0.15, 0.2) is 5.82 Å². The van der Waals surface area contributed by atoms with Crippen LogP contribution in [0.25, 0.3) is 0 Å². The first-order chi connectivity index (χ1) is 11.7. The number of hydrogen-bond donors (Lipinski definition) is 1. The molecular weight excluding hydrogens is 308 g/mol. The van der Waals surface area contributed by atoms with Crippen molar-refractivity contribution in [1.82, 2.24) is 20.1 Å². The molecule has 0 bridgehead atoms. The minimum atomic E-state index is -0.216. The number of amides is 1. The fraction of sp³-hybridized carbons (Fsp3) is 0.471. The number of aromatic nitrogens is 3. The normalized spacial score (nSPS) is 16.2. The number of fused-ring (bicyclic) bond motifs is 1. The number of nitrogens with one attached hydrogen (secondary N) is 1. The van der Waals surface area contributed by atoms with Crippen LogP contribution in [0.5, 0.6) is 11.5 Å². The molecule has 1 amide bonds. The van der Waals surface area contributed by atoms with Gasteiger partial charge in [-0.2, -0.15) is 0 Å². The lowest BCUT2D eigenvalue weighted by Crippen LogP contribution is -2.37. The molecule has 0 aliphatic carbocycles. The van der Waals surface area contributed by atoms with E-state index in [9.17, 15) is 4.79 Å². The van der Waals surface area contributed by atoms with E-state index in [4.69, 9.17) is 9.47 Å². The fourth-order valence-corrected chi connectivity index (χ4v) is 2.82. The van der Waals surface area contributed by atoms with Crippen LogP contribution < -0.4 is 14.8 Å². The van der Waals surface area contributed by atoms with Crippen molar-refractivity contribution in [2.45, 2.75) is 32.9 Å². The van der Waals surface area contributed by atoms with E-state index in [1.807, 2.05) is 22.8 Å². The van der Waals surface area contributed by atoms with Crippen LogP contribution in [-0.2, 0) is 24.3 Å². The Morgan fingerprint density at radius 1 is 1.50 bits per heavy atom. The summed E-state index contributed by atoms with van der Waals surface area (Å²) < 4.78 is 12.9. The smallest absolute Gasteiger partial charge is 0.227 e. The van der Waals surface area contributed by atoms with E-state index in [1.165, 1.54) is 0 Å². The molecule has 1 aromatic carbocycles. The highest BCUT2D eigenvalue weighted by atomic mass is 16.5. The van der Waals surface area contributed by atoms with E-state index in [0.717, 1.165) is 35.9 Å². The Labute approximate surface area is 141 Å². The molecule has 0 saturated carbocycles. The second-order valence-electron chi connectivity index (χ2n) is 5.84. The zero-order chi connectivity index (χ0) is 16.9. The molecule has 7 nitrogen and oxygen atoms in total. The van der Waals surface area contributed by atoms with Gasteiger partial charge in [0.25, 0.3) is 0 Å². The predicted octanol–water partition coefficient (Wildman–Crippen LogP) is 1.56. The van der Waals surface area contributed by atoms with Gasteiger partial charge in [0.2, 0.25) is 5.91 Å². The molecule has 7 heteroatoms. The van der Waals surface area contributed by atoms with Crippen LogP contribution in [0.2, 0.25) is 0 Å². The number of aryl methyl sites for hydroxylation is 1. The molecule has 3 rings (SSSR count). The number of methoxy groups -OCH3 is 1. The molecule has 0 spiro atoms. The van der Waals surface area contributed by atoms with Crippen LogP contribution >= 0.6 is 0 Å². The summed E-state index contributed by atoms with van der Waals surface area (Å²) in [5, 5.41) is 10.9. The third-order valence-corrected chi connectivity index (χ3v) is 4.13. The summed E-state index contributed by atoms with van der Waals surface area (Å²) in [6.45, 7) is 3.69. The minimum absolute atomic E-state index is 0.0329. The maximum atomic E-state index is 12.4. The molecule has 0 unspecified atom stereocenters. The second-order valence-corrected chi connectivity index (χ2v) is 5.84. The molecule has 128 valence electrons. The van der Waals surface area contributed by atoms with Gasteiger partial charge in [-0.25, -0.2) is 0 Å². The zero-order valence-electron chi connectivity index (χ0n) is 14.0. The number of carbonyl (C=O) groups excluding carboxylic acids is 1. The highest BCUT2D eigenvalue weighted by Gasteiger charge is 2.26. The van der Waals surface area contributed by atoms with E-state index in [0.29, 0.717) is 19.6 Å². The topological polar surface area (TPSA) is 78.3 Å². The monoisotopic (exact) mass is 330 g/mol. The molecule has 1 N–H and O–H groups in total. The Hall–Kier alpha value is -2.57. The summed E-state index contributed by atoms with van der Waals surface area (Å²) in [6.07, 6.45) is 3.32. The first kappa shape index (κ1) is 16.3. The standard InChI is InChI=1S/C17H22N4O3/c1-3-6-21-11-19-20-16(21)9-18-17(22)13-7-12-8-14(23-2)4-5-15(12)24-10-13/h4-5,8,11,13H,3,6-7,9-10H2,1-2H3,(H,18,22)/t13-/m1/s1. The summed E-state index contributed by atoms with van der Waals surface area (Å²) in [4.78, 5) is 12.4. The van der Waals surface area contributed by atoms with Crippen molar-refractivity contribution in [2.24, 2.45) is 5.92 Å². The van der Waals surface area contributed by atoms with Gasteiger partial charge in [0.05, 0.1) is 19.6 Å². The van der Waals surface area contributed by atoms with Crippen molar-refractivity contribution in [3.63, 3.8) is 0 Å². The van der Waals surface area contributed by atoms with Crippen molar-refractivity contribution >= 4 is 5.91 Å². The van der Waals surface area contributed by atoms with Crippen molar-refractivity contribution in [3.8, 4) is 11.5 Å². The molecule has 1 atom stereocenters. The van der Waals surface area contributed by atoms with Crippen LogP contribution in [0.3, 0.4) is 0 Å². The van der Waals surface area contributed by atoms with Crippen LogP contribution in [0.15, 0.2) is 24.5 Å². The summed E-state index contributed by atoms with van der Waals surface area (Å²) >= 11 is 0. The summed E-state index contributed by atoms with van der Waals surface area (Å²) in [5.74, 6) is 2.11. The number of carbonyl (C=O) groups is 1.